The first-order valence-electron chi connectivity index (χ1n) is 9.38. The van der Waals surface area contributed by atoms with Gasteiger partial charge in [-0.3, -0.25) is 4.79 Å². The van der Waals surface area contributed by atoms with Gasteiger partial charge in [-0.05, 0) is 47.5 Å². The second-order valence-electron chi connectivity index (χ2n) is 6.75. The molecule has 29 heavy (non-hydrogen) atoms. The summed E-state index contributed by atoms with van der Waals surface area (Å²) >= 11 is 0. The average Bonchev–Trinajstić information content (AvgIpc) is 3.59. The molecule has 3 aromatic carbocycles. The minimum atomic E-state index is -0.487. The maximum Gasteiger partial charge on any atom is 0.194 e. The van der Waals surface area contributed by atoms with Gasteiger partial charge < -0.3 is 18.9 Å². The number of hydrogen-bond acceptors (Lipinski definition) is 5. The van der Waals surface area contributed by atoms with Gasteiger partial charge in [0.1, 0.15) is 18.5 Å². The fraction of sp³-hybridized carbons (Fsp3) is 0.208. The molecule has 0 bridgehead atoms. The van der Waals surface area contributed by atoms with Gasteiger partial charge >= 0.3 is 0 Å². The molecule has 1 aliphatic heterocycles. The predicted molar refractivity (Wildman–Crippen MR) is 109 cm³/mol. The number of methoxy groups -OCH3 is 2. The second kappa shape index (κ2) is 8.37. The van der Waals surface area contributed by atoms with Crippen LogP contribution in [0.3, 0.4) is 0 Å². The summed E-state index contributed by atoms with van der Waals surface area (Å²) < 4.78 is 22.2. The van der Waals surface area contributed by atoms with Crippen molar-refractivity contribution in [3.63, 3.8) is 0 Å². The van der Waals surface area contributed by atoms with Crippen LogP contribution in [0.4, 0.5) is 0 Å². The first-order valence-corrected chi connectivity index (χ1v) is 9.38. The van der Waals surface area contributed by atoms with E-state index in [4.69, 9.17) is 18.9 Å². The van der Waals surface area contributed by atoms with E-state index in [9.17, 15) is 4.79 Å². The Balaban J connectivity index is 1.46. The third-order valence-corrected chi connectivity index (χ3v) is 4.88. The van der Waals surface area contributed by atoms with E-state index in [1.807, 2.05) is 48.5 Å². The number of rotatable bonds is 8. The van der Waals surface area contributed by atoms with Crippen LogP contribution >= 0.6 is 0 Å². The van der Waals surface area contributed by atoms with E-state index in [0.717, 1.165) is 11.1 Å². The highest BCUT2D eigenvalue weighted by atomic mass is 16.6. The van der Waals surface area contributed by atoms with Crippen LogP contribution in [0.15, 0.2) is 72.8 Å². The highest BCUT2D eigenvalue weighted by Gasteiger charge is 2.46. The summed E-state index contributed by atoms with van der Waals surface area (Å²) in [4.78, 5) is 12.7. The van der Waals surface area contributed by atoms with E-state index in [1.165, 1.54) is 0 Å². The van der Waals surface area contributed by atoms with E-state index in [1.54, 1.807) is 38.5 Å². The lowest BCUT2D eigenvalue weighted by molar-refractivity contribution is 0.0953. The summed E-state index contributed by atoms with van der Waals surface area (Å²) in [5.74, 6) is 1.94. The number of hydrogen-bond donors (Lipinski definition) is 0. The van der Waals surface area contributed by atoms with Gasteiger partial charge in [-0.1, -0.05) is 36.4 Å². The molecule has 1 saturated heterocycles. The molecule has 1 heterocycles. The molecule has 4 rings (SSSR count). The summed E-state index contributed by atoms with van der Waals surface area (Å²) in [5.41, 5.74) is 2.56. The quantitative estimate of drug-likeness (QED) is 0.415. The Hall–Kier alpha value is -3.31. The lowest BCUT2D eigenvalue weighted by Gasteiger charge is -2.12. The average molecular weight is 390 g/mol. The highest BCUT2D eigenvalue weighted by molar-refractivity contribution is 6.01. The molecule has 5 nitrogen and oxygen atoms in total. The smallest absolute Gasteiger partial charge is 0.194 e. The Labute approximate surface area is 169 Å². The van der Waals surface area contributed by atoms with Crippen LogP contribution in [0.25, 0.3) is 0 Å². The van der Waals surface area contributed by atoms with Gasteiger partial charge in [0.15, 0.2) is 23.4 Å². The zero-order valence-corrected chi connectivity index (χ0v) is 16.3. The van der Waals surface area contributed by atoms with Crippen molar-refractivity contribution >= 4 is 5.78 Å². The van der Waals surface area contributed by atoms with Crippen LogP contribution < -0.4 is 14.2 Å². The normalized spacial score (nSPS) is 17.4. The SMILES string of the molecule is COc1ccc(C(=O)C2OC2c2ccc(OC)c(OCc3ccccc3)c2)cc1. The van der Waals surface area contributed by atoms with Gasteiger partial charge in [-0.25, -0.2) is 0 Å². The lowest BCUT2D eigenvalue weighted by atomic mass is 10.0. The maximum atomic E-state index is 12.7. The number of carbonyl (C=O) groups is 1. The molecule has 2 unspecified atom stereocenters. The van der Waals surface area contributed by atoms with Crippen LogP contribution in [0.1, 0.15) is 27.6 Å². The molecule has 0 spiro atoms. The van der Waals surface area contributed by atoms with Gasteiger partial charge in [0.05, 0.1) is 14.2 Å². The summed E-state index contributed by atoms with van der Waals surface area (Å²) in [6, 6.07) is 22.6. The van der Waals surface area contributed by atoms with Crippen LogP contribution in [0.5, 0.6) is 17.2 Å². The fourth-order valence-electron chi connectivity index (χ4n) is 3.20. The molecule has 0 aromatic heterocycles. The molecule has 0 amide bonds. The third kappa shape index (κ3) is 4.25. The standard InChI is InChI=1S/C24H22O5/c1-26-19-11-8-17(9-12-19)22(25)24-23(29-24)18-10-13-20(27-2)21(14-18)28-15-16-6-4-3-5-7-16/h3-14,23-24H,15H2,1-2H3. The molecule has 148 valence electrons. The van der Waals surface area contributed by atoms with Crippen LogP contribution in [0.2, 0.25) is 0 Å². The summed E-state index contributed by atoms with van der Waals surface area (Å²) in [7, 11) is 3.20. The number of epoxide rings is 1. The zero-order valence-electron chi connectivity index (χ0n) is 16.3. The Kier molecular flexibility index (Phi) is 5.49. The number of carbonyl (C=O) groups excluding carboxylic acids is 1. The van der Waals surface area contributed by atoms with E-state index in [-0.39, 0.29) is 11.9 Å². The summed E-state index contributed by atoms with van der Waals surface area (Å²) in [6.07, 6.45) is -0.770. The third-order valence-electron chi connectivity index (χ3n) is 4.88. The van der Waals surface area contributed by atoms with E-state index in [2.05, 4.69) is 0 Å². The Morgan fingerprint density at radius 3 is 2.34 bits per heavy atom. The number of benzene rings is 3. The van der Waals surface area contributed by atoms with Crippen molar-refractivity contribution in [2.24, 2.45) is 0 Å². The van der Waals surface area contributed by atoms with Crippen molar-refractivity contribution in [1.29, 1.82) is 0 Å². The topological polar surface area (TPSA) is 57.3 Å². The molecule has 2 atom stereocenters. The van der Waals surface area contributed by atoms with Gasteiger partial charge in [0, 0.05) is 5.56 Å². The molecule has 0 radical (unpaired) electrons. The maximum absolute atomic E-state index is 12.7. The monoisotopic (exact) mass is 390 g/mol. The second-order valence-corrected chi connectivity index (χ2v) is 6.75. The molecule has 0 saturated carbocycles. The Morgan fingerprint density at radius 2 is 1.66 bits per heavy atom. The molecular weight excluding hydrogens is 368 g/mol. The molecular formula is C24H22O5. The van der Waals surface area contributed by atoms with Crippen molar-refractivity contribution < 1.29 is 23.7 Å². The Morgan fingerprint density at radius 1 is 0.897 bits per heavy atom. The largest absolute Gasteiger partial charge is 0.497 e. The van der Waals surface area contributed by atoms with Crippen LogP contribution in [-0.2, 0) is 11.3 Å². The predicted octanol–water partition coefficient (Wildman–Crippen LogP) is 4.61. The highest BCUT2D eigenvalue weighted by Crippen LogP contribution is 2.43. The summed E-state index contributed by atoms with van der Waals surface area (Å²) in [5, 5.41) is 0. The van der Waals surface area contributed by atoms with Crippen molar-refractivity contribution in [1.82, 2.24) is 0 Å². The minimum Gasteiger partial charge on any atom is -0.497 e. The summed E-state index contributed by atoms with van der Waals surface area (Å²) in [6.45, 7) is 0.431. The van der Waals surface area contributed by atoms with E-state index >= 15 is 0 Å². The first kappa shape index (κ1) is 19.0. The number of ether oxygens (including phenoxy) is 4. The lowest BCUT2D eigenvalue weighted by Crippen LogP contribution is -2.08. The van der Waals surface area contributed by atoms with Gasteiger partial charge in [-0.2, -0.15) is 0 Å². The zero-order chi connectivity index (χ0) is 20.2. The van der Waals surface area contributed by atoms with Crippen molar-refractivity contribution in [2.75, 3.05) is 14.2 Å². The van der Waals surface area contributed by atoms with Gasteiger partial charge in [-0.15, -0.1) is 0 Å². The van der Waals surface area contributed by atoms with Crippen LogP contribution in [0, 0.1) is 0 Å². The molecule has 1 fully saturated rings. The van der Waals surface area contributed by atoms with Gasteiger partial charge in [0.25, 0.3) is 0 Å². The minimum absolute atomic E-state index is 0.0415. The first-order chi connectivity index (χ1) is 14.2. The van der Waals surface area contributed by atoms with Gasteiger partial charge in [0.2, 0.25) is 0 Å². The van der Waals surface area contributed by atoms with Crippen molar-refractivity contribution in [2.45, 2.75) is 18.8 Å². The number of Topliss-reactive ketones (excluding diaryl/α,β-unsaturated/α-hetero) is 1. The van der Waals surface area contributed by atoms with Crippen LogP contribution in [-0.4, -0.2) is 26.1 Å². The molecule has 0 aliphatic carbocycles. The molecule has 3 aromatic rings. The number of ketones is 1. The molecule has 0 N–H and O–H groups in total. The van der Waals surface area contributed by atoms with Crippen molar-refractivity contribution in [3.05, 3.63) is 89.5 Å². The fourth-order valence-corrected chi connectivity index (χ4v) is 3.20. The van der Waals surface area contributed by atoms with Crippen molar-refractivity contribution in [3.8, 4) is 17.2 Å². The Bertz CT molecular complexity index is 982. The van der Waals surface area contributed by atoms with E-state index < -0.39 is 6.10 Å². The molecule has 5 heteroatoms. The molecule has 1 aliphatic rings. The van der Waals surface area contributed by atoms with E-state index in [0.29, 0.717) is 29.4 Å².